The van der Waals surface area contributed by atoms with E-state index in [-0.39, 0.29) is 17.6 Å². The summed E-state index contributed by atoms with van der Waals surface area (Å²) >= 11 is 1.31. The highest BCUT2D eigenvalue weighted by Gasteiger charge is 2.19. The van der Waals surface area contributed by atoms with E-state index in [4.69, 9.17) is 0 Å². The van der Waals surface area contributed by atoms with Crippen LogP contribution in [0, 0.1) is 0 Å². The molecule has 0 radical (unpaired) electrons. The number of aromatic nitrogens is 3. The highest BCUT2D eigenvalue weighted by molar-refractivity contribution is 7.99. The largest absolute Gasteiger partial charge is 0.326 e. The number of anilines is 2. The van der Waals surface area contributed by atoms with Crippen LogP contribution in [0.4, 0.5) is 11.4 Å². The van der Waals surface area contributed by atoms with Crippen molar-refractivity contribution in [2.45, 2.75) is 12.1 Å². The molecule has 5 rings (SSSR count). The maximum Gasteiger partial charge on any atom is 0.234 e. The van der Waals surface area contributed by atoms with Crippen LogP contribution in [0.3, 0.4) is 0 Å². The number of hydrogen-bond acceptors (Lipinski definition) is 5. The molecule has 0 fully saturated rings. The summed E-state index contributed by atoms with van der Waals surface area (Å²) in [5.74, 6) is 0.500. The van der Waals surface area contributed by atoms with Gasteiger partial charge in [0.25, 0.3) is 0 Å². The van der Waals surface area contributed by atoms with Crippen LogP contribution >= 0.6 is 11.8 Å². The second-order valence-corrected chi connectivity index (χ2v) is 9.05. The van der Waals surface area contributed by atoms with Crippen LogP contribution in [-0.2, 0) is 9.59 Å². The minimum atomic E-state index is -0.186. The van der Waals surface area contributed by atoms with E-state index in [1.165, 1.54) is 18.7 Å². The molecule has 1 aromatic heterocycles. The predicted molar refractivity (Wildman–Crippen MR) is 144 cm³/mol. The number of carbonyl (C=O) groups is 2. The van der Waals surface area contributed by atoms with Gasteiger partial charge in [-0.25, -0.2) is 0 Å². The number of nitrogens with one attached hydrogen (secondary N) is 2. The SMILES string of the molecule is CC(=O)Nc1cccc(NC(=O)CSc2nnc(-c3cccc4ccccc34)n2-c2ccccc2)c1. The Kier molecular flexibility index (Phi) is 6.77. The first-order valence-corrected chi connectivity index (χ1v) is 12.4. The van der Waals surface area contributed by atoms with E-state index in [2.05, 4.69) is 39.0 Å². The lowest BCUT2D eigenvalue weighted by Gasteiger charge is -2.12. The second-order valence-electron chi connectivity index (χ2n) is 8.10. The van der Waals surface area contributed by atoms with Crippen molar-refractivity contribution >= 4 is 45.7 Å². The Morgan fingerprint density at radius 3 is 2.31 bits per heavy atom. The maximum atomic E-state index is 12.7. The molecule has 36 heavy (non-hydrogen) atoms. The molecule has 7 nitrogen and oxygen atoms in total. The van der Waals surface area contributed by atoms with Gasteiger partial charge < -0.3 is 10.6 Å². The minimum absolute atomic E-state index is 0.144. The van der Waals surface area contributed by atoms with Gasteiger partial charge in [0.15, 0.2) is 11.0 Å². The number of fused-ring (bicyclic) bond motifs is 1. The van der Waals surface area contributed by atoms with Gasteiger partial charge in [0.2, 0.25) is 11.8 Å². The van der Waals surface area contributed by atoms with Crippen LogP contribution in [0.2, 0.25) is 0 Å². The molecule has 0 atom stereocenters. The number of amides is 2. The lowest BCUT2D eigenvalue weighted by atomic mass is 10.0. The van der Waals surface area contributed by atoms with Gasteiger partial charge in [-0.3, -0.25) is 14.2 Å². The molecule has 1 heterocycles. The zero-order chi connectivity index (χ0) is 24.9. The van der Waals surface area contributed by atoms with E-state index in [0.29, 0.717) is 22.4 Å². The van der Waals surface area contributed by atoms with Gasteiger partial charge in [0, 0.05) is 29.5 Å². The molecule has 0 saturated heterocycles. The summed E-state index contributed by atoms with van der Waals surface area (Å²) in [5, 5.41) is 17.4. The van der Waals surface area contributed by atoms with Gasteiger partial charge in [-0.15, -0.1) is 10.2 Å². The maximum absolute atomic E-state index is 12.7. The fraction of sp³-hybridized carbons (Fsp3) is 0.0714. The van der Waals surface area contributed by atoms with Crippen LogP contribution in [0.1, 0.15) is 6.92 Å². The molecule has 0 bridgehead atoms. The van der Waals surface area contributed by atoms with Crippen molar-refractivity contribution in [3.8, 4) is 17.1 Å². The van der Waals surface area contributed by atoms with E-state index < -0.39 is 0 Å². The van der Waals surface area contributed by atoms with Crippen LogP contribution in [0.15, 0.2) is 102 Å². The fourth-order valence-electron chi connectivity index (χ4n) is 3.97. The number of benzene rings is 4. The van der Waals surface area contributed by atoms with Crippen molar-refractivity contribution in [3.63, 3.8) is 0 Å². The molecule has 178 valence electrons. The van der Waals surface area contributed by atoms with Crippen LogP contribution in [-0.4, -0.2) is 32.3 Å². The lowest BCUT2D eigenvalue weighted by molar-refractivity contribution is -0.114. The van der Waals surface area contributed by atoms with E-state index in [0.717, 1.165) is 22.0 Å². The fourth-order valence-corrected chi connectivity index (χ4v) is 4.73. The van der Waals surface area contributed by atoms with Crippen LogP contribution in [0.25, 0.3) is 27.8 Å². The van der Waals surface area contributed by atoms with Gasteiger partial charge in [0.1, 0.15) is 0 Å². The Labute approximate surface area is 212 Å². The molecule has 2 N–H and O–H groups in total. The number of nitrogens with zero attached hydrogens (tertiary/aromatic N) is 3. The smallest absolute Gasteiger partial charge is 0.234 e. The molecule has 0 spiro atoms. The molecule has 4 aromatic carbocycles. The highest BCUT2D eigenvalue weighted by atomic mass is 32.2. The summed E-state index contributed by atoms with van der Waals surface area (Å²) in [7, 11) is 0. The first-order valence-electron chi connectivity index (χ1n) is 11.4. The second kappa shape index (κ2) is 10.5. The van der Waals surface area contributed by atoms with E-state index in [1.54, 1.807) is 24.3 Å². The topological polar surface area (TPSA) is 88.9 Å². The molecule has 0 aliphatic rings. The molecule has 0 saturated carbocycles. The van der Waals surface area contributed by atoms with Crippen molar-refractivity contribution < 1.29 is 9.59 Å². The third kappa shape index (κ3) is 5.13. The monoisotopic (exact) mass is 493 g/mol. The molecule has 0 unspecified atom stereocenters. The number of para-hydroxylation sites is 1. The summed E-state index contributed by atoms with van der Waals surface area (Å²) < 4.78 is 1.98. The minimum Gasteiger partial charge on any atom is -0.326 e. The number of rotatable bonds is 7. The summed E-state index contributed by atoms with van der Waals surface area (Å²) in [6, 6.07) is 31.2. The Hall–Kier alpha value is -4.43. The van der Waals surface area contributed by atoms with Gasteiger partial charge >= 0.3 is 0 Å². The lowest BCUT2D eigenvalue weighted by Crippen LogP contribution is -2.15. The Balaban J connectivity index is 1.42. The first kappa shape index (κ1) is 23.3. The quantitative estimate of drug-likeness (QED) is 0.281. The Bertz CT molecular complexity index is 1540. The van der Waals surface area contributed by atoms with Crippen LogP contribution in [0.5, 0.6) is 0 Å². The van der Waals surface area contributed by atoms with Gasteiger partial charge in [-0.2, -0.15) is 0 Å². The predicted octanol–water partition coefficient (Wildman–Crippen LogP) is 5.78. The van der Waals surface area contributed by atoms with Gasteiger partial charge in [-0.1, -0.05) is 78.5 Å². The Morgan fingerprint density at radius 1 is 0.806 bits per heavy atom. The van der Waals surface area contributed by atoms with Gasteiger partial charge in [-0.05, 0) is 41.1 Å². The highest BCUT2D eigenvalue weighted by Crippen LogP contribution is 2.32. The molecule has 0 aliphatic carbocycles. The van der Waals surface area contributed by atoms with Crippen molar-refractivity contribution in [1.29, 1.82) is 0 Å². The van der Waals surface area contributed by atoms with Crippen molar-refractivity contribution in [2.24, 2.45) is 0 Å². The van der Waals surface area contributed by atoms with Crippen LogP contribution < -0.4 is 10.6 Å². The molecule has 2 amide bonds. The number of thioether (sulfide) groups is 1. The Morgan fingerprint density at radius 2 is 1.50 bits per heavy atom. The summed E-state index contributed by atoms with van der Waals surface area (Å²) in [6.07, 6.45) is 0. The number of hydrogen-bond donors (Lipinski definition) is 2. The normalized spacial score (nSPS) is 10.8. The van der Waals surface area contributed by atoms with Crippen molar-refractivity contribution in [1.82, 2.24) is 14.8 Å². The molecule has 0 aliphatic heterocycles. The summed E-state index contributed by atoms with van der Waals surface area (Å²) in [4.78, 5) is 24.1. The van der Waals surface area contributed by atoms with E-state index >= 15 is 0 Å². The molecular weight excluding hydrogens is 470 g/mol. The summed E-state index contributed by atoms with van der Waals surface area (Å²) in [5.41, 5.74) is 3.11. The third-order valence-electron chi connectivity index (χ3n) is 5.48. The van der Waals surface area contributed by atoms with Crippen molar-refractivity contribution in [2.75, 3.05) is 16.4 Å². The van der Waals surface area contributed by atoms with Crippen molar-refractivity contribution in [3.05, 3.63) is 97.1 Å². The first-order chi connectivity index (χ1) is 17.6. The average molecular weight is 494 g/mol. The molecule has 5 aromatic rings. The zero-order valence-electron chi connectivity index (χ0n) is 19.5. The van der Waals surface area contributed by atoms with Gasteiger partial charge in [0.05, 0.1) is 5.75 Å². The molecule has 8 heteroatoms. The third-order valence-corrected chi connectivity index (χ3v) is 6.41. The number of carbonyl (C=O) groups excluding carboxylic acids is 2. The zero-order valence-corrected chi connectivity index (χ0v) is 20.3. The van der Waals surface area contributed by atoms with E-state index in [9.17, 15) is 9.59 Å². The summed E-state index contributed by atoms with van der Waals surface area (Å²) in [6.45, 7) is 1.44. The standard InChI is InChI=1S/C28H23N5O2S/c1-19(34)29-21-11-8-12-22(17-21)30-26(35)18-36-28-32-31-27(33(28)23-13-3-2-4-14-23)25-16-7-10-20-9-5-6-15-24(20)25/h2-17H,18H2,1H3,(H,29,34)(H,30,35). The molecular formula is C28H23N5O2S. The average Bonchev–Trinajstić information content (AvgIpc) is 3.31. The van der Waals surface area contributed by atoms with E-state index in [1.807, 2.05) is 59.2 Å².